The van der Waals surface area contributed by atoms with Crippen molar-refractivity contribution in [1.82, 2.24) is 20.1 Å². The fourth-order valence-electron chi connectivity index (χ4n) is 1.80. The summed E-state index contributed by atoms with van der Waals surface area (Å²) < 4.78 is 7.20. The van der Waals surface area contributed by atoms with E-state index >= 15 is 0 Å². The second-order valence-corrected chi connectivity index (χ2v) is 4.25. The lowest BCUT2D eigenvalue weighted by molar-refractivity contribution is 0.374. The predicted molar refractivity (Wildman–Crippen MR) is 64.4 cm³/mol. The number of aryl methyl sites for hydroxylation is 1. The van der Waals surface area contributed by atoms with Crippen molar-refractivity contribution in [2.45, 2.75) is 38.9 Å². The monoisotopic (exact) mass is 234 g/mol. The molecule has 2 heterocycles. The van der Waals surface area contributed by atoms with E-state index in [4.69, 9.17) is 4.42 Å². The molecule has 0 amide bonds. The number of hydrogen-bond acceptors (Lipinski definition) is 4. The summed E-state index contributed by atoms with van der Waals surface area (Å²) in [4.78, 5) is 3.92. The molecule has 2 atom stereocenters. The van der Waals surface area contributed by atoms with Crippen molar-refractivity contribution >= 4 is 0 Å². The zero-order valence-electron chi connectivity index (χ0n) is 10.2. The molecule has 0 radical (unpaired) electrons. The van der Waals surface area contributed by atoms with Crippen LogP contribution in [0.25, 0.3) is 0 Å². The summed E-state index contributed by atoms with van der Waals surface area (Å²) >= 11 is 0. The summed E-state index contributed by atoms with van der Waals surface area (Å²) in [6.07, 6.45) is 6.01. The van der Waals surface area contributed by atoms with Gasteiger partial charge in [0.05, 0.1) is 12.3 Å². The fourth-order valence-corrected chi connectivity index (χ4v) is 1.80. The van der Waals surface area contributed by atoms with Crippen molar-refractivity contribution in [1.29, 1.82) is 0 Å². The maximum Gasteiger partial charge on any atom is 0.137 e. The van der Waals surface area contributed by atoms with E-state index in [1.54, 1.807) is 18.9 Å². The molecule has 1 N–H and O–H groups in total. The molecule has 0 bridgehead atoms. The third-order valence-corrected chi connectivity index (χ3v) is 2.76. The Morgan fingerprint density at radius 2 is 2.35 bits per heavy atom. The second kappa shape index (κ2) is 5.63. The highest BCUT2D eigenvalue weighted by Crippen LogP contribution is 2.13. The van der Waals surface area contributed by atoms with Crippen molar-refractivity contribution in [3.05, 3.63) is 36.8 Å². The summed E-state index contributed by atoms with van der Waals surface area (Å²) in [5.41, 5.74) is 0. The lowest BCUT2D eigenvalue weighted by Crippen LogP contribution is -2.29. The van der Waals surface area contributed by atoms with Gasteiger partial charge >= 0.3 is 0 Å². The van der Waals surface area contributed by atoms with Crippen LogP contribution in [0.1, 0.15) is 32.1 Å². The van der Waals surface area contributed by atoms with E-state index in [-0.39, 0.29) is 6.04 Å². The molecule has 0 fully saturated rings. The normalized spacial score (nSPS) is 14.7. The van der Waals surface area contributed by atoms with Crippen LogP contribution in [0, 0.1) is 0 Å². The van der Waals surface area contributed by atoms with Gasteiger partial charge in [-0.15, -0.1) is 0 Å². The van der Waals surface area contributed by atoms with Crippen molar-refractivity contribution in [3.63, 3.8) is 0 Å². The summed E-state index contributed by atoms with van der Waals surface area (Å²) in [5.74, 6) is 0.970. The number of nitrogens with zero attached hydrogens (tertiary/aromatic N) is 3. The van der Waals surface area contributed by atoms with Gasteiger partial charge in [0, 0.05) is 12.6 Å². The van der Waals surface area contributed by atoms with Gasteiger partial charge in [-0.1, -0.05) is 0 Å². The van der Waals surface area contributed by atoms with Crippen molar-refractivity contribution in [2.24, 2.45) is 0 Å². The quantitative estimate of drug-likeness (QED) is 0.830. The lowest BCUT2D eigenvalue weighted by Gasteiger charge is -2.18. The molecule has 92 valence electrons. The highest BCUT2D eigenvalue weighted by Gasteiger charge is 2.11. The van der Waals surface area contributed by atoms with Gasteiger partial charge in [-0.2, -0.15) is 5.10 Å². The highest BCUT2D eigenvalue weighted by atomic mass is 16.3. The van der Waals surface area contributed by atoms with Gasteiger partial charge in [0.15, 0.2) is 0 Å². The number of nitrogens with one attached hydrogen (secondary N) is 1. The number of rotatable bonds is 6. The van der Waals surface area contributed by atoms with Crippen LogP contribution in [0.15, 0.2) is 35.5 Å². The minimum Gasteiger partial charge on any atom is -0.468 e. The van der Waals surface area contributed by atoms with Gasteiger partial charge in [-0.05, 0) is 32.4 Å². The van der Waals surface area contributed by atoms with Crippen LogP contribution >= 0.6 is 0 Å². The molecule has 0 aromatic carbocycles. The maximum absolute atomic E-state index is 5.36. The summed E-state index contributed by atoms with van der Waals surface area (Å²) in [6.45, 7) is 5.14. The lowest BCUT2D eigenvalue weighted by atomic mass is 10.2. The van der Waals surface area contributed by atoms with Crippen LogP contribution in [0.4, 0.5) is 0 Å². The fraction of sp³-hybridized carbons (Fsp3) is 0.500. The Labute approximate surface area is 101 Å². The first-order valence-corrected chi connectivity index (χ1v) is 5.87. The zero-order valence-corrected chi connectivity index (χ0v) is 10.2. The third-order valence-electron chi connectivity index (χ3n) is 2.76. The largest absolute Gasteiger partial charge is 0.468 e. The average Bonchev–Trinajstić information content (AvgIpc) is 2.99. The molecule has 0 aliphatic heterocycles. The summed E-state index contributed by atoms with van der Waals surface area (Å²) in [7, 11) is 0. The molecule has 5 heteroatoms. The Kier molecular flexibility index (Phi) is 3.93. The Hall–Kier alpha value is -1.62. The van der Waals surface area contributed by atoms with Crippen LogP contribution in [0.3, 0.4) is 0 Å². The number of aromatic nitrogens is 3. The Morgan fingerprint density at radius 1 is 1.47 bits per heavy atom. The SMILES string of the molecule is C[C@H](N[C@@H](C)CCn1cncn1)c1ccco1. The van der Waals surface area contributed by atoms with Gasteiger partial charge in [0.1, 0.15) is 18.4 Å². The Balaban J connectivity index is 1.75. The smallest absolute Gasteiger partial charge is 0.137 e. The molecule has 2 aromatic heterocycles. The second-order valence-electron chi connectivity index (χ2n) is 4.25. The number of hydrogen-bond donors (Lipinski definition) is 1. The van der Waals surface area contributed by atoms with Crippen LogP contribution in [-0.4, -0.2) is 20.8 Å². The topological polar surface area (TPSA) is 55.9 Å². The van der Waals surface area contributed by atoms with Crippen LogP contribution < -0.4 is 5.32 Å². The molecule has 0 saturated carbocycles. The average molecular weight is 234 g/mol. The van der Waals surface area contributed by atoms with E-state index in [0.29, 0.717) is 6.04 Å². The van der Waals surface area contributed by atoms with Gasteiger partial charge < -0.3 is 9.73 Å². The van der Waals surface area contributed by atoms with E-state index in [1.165, 1.54) is 0 Å². The van der Waals surface area contributed by atoms with Gasteiger partial charge in [-0.3, -0.25) is 4.68 Å². The first kappa shape index (κ1) is 11.9. The molecule has 0 aliphatic carbocycles. The van der Waals surface area contributed by atoms with Crippen molar-refractivity contribution < 1.29 is 4.42 Å². The standard InChI is InChI=1S/C12H18N4O/c1-10(5-6-16-9-13-8-14-16)15-11(2)12-4-3-7-17-12/h3-4,7-11,15H,5-6H2,1-2H3/t10-,11-/m0/s1. The molecule has 2 rings (SSSR count). The molecular formula is C12H18N4O. The van der Waals surface area contributed by atoms with Crippen molar-refractivity contribution in [3.8, 4) is 0 Å². The first-order chi connectivity index (χ1) is 8.25. The molecule has 0 saturated heterocycles. The minimum atomic E-state index is 0.232. The van der Waals surface area contributed by atoms with Crippen LogP contribution in [0.5, 0.6) is 0 Å². The molecule has 2 aromatic rings. The molecular weight excluding hydrogens is 216 g/mol. The maximum atomic E-state index is 5.36. The van der Waals surface area contributed by atoms with E-state index in [9.17, 15) is 0 Å². The highest BCUT2D eigenvalue weighted by molar-refractivity contribution is 5.03. The van der Waals surface area contributed by atoms with Crippen molar-refractivity contribution in [2.75, 3.05) is 0 Å². The molecule has 0 unspecified atom stereocenters. The van der Waals surface area contributed by atoms with E-state index in [2.05, 4.69) is 29.2 Å². The van der Waals surface area contributed by atoms with Gasteiger partial charge in [-0.25, -0.2) is 4.98 Å². The van der Waals surface area contributed by atoms with Gasteiger partial charge in [0.25, 0.3) is 0 Å². The first-order valence-electron chi connectivity index (χ1n) is 5.87. The van der Waals surface area contributed by atoms with Crippen LogP contribution in [-0.2, 0) is 6.54 Å². The predicted octanol–water partition coefficient (Wildman–Crippen LogP) is 2.00. The van der Waals surface area contributed by atoms with Crippen LogP contribution in [0.2, 0.25) is 0 Å². The number of furan rings is 1. The van der Waals surface area contributed by atoms with E-state index < -0.39 is 0 Å². The molecule has 17 heavy (non-hydrogen) atoms. The zero-order chi connectivity index (χ0) is 12.1. The summed E-state index contributed by atoms with van der Waals surface area (Å²) in [6, 6.07) is 4.53. The third kappa shape index (κ3) is 3.42. The Morgan fingerprint density at radius 3 is 3.00 bits per heavy atom. The molecule has 5 nitrogen and oxygen atoms in total. The molecule has 0 spiro atoms. The Bertz CT molecular complexity index is 410. The molecule has 0 aliphatic rings. The van der Waals surface area contributed by atoms with E-state index in [1.807, 2.05) is 16.8 Å². The van der Waals surface area contributed by atoms with Gasteiger partial charge in [0.2, 0.25) is 0 Å². The van der Waals surface area contributed by atoms with E-state index in [0.717, 1.165) is 18.7 Å². The minimum absolute atomic E-state index is 0.232. The summed E-state index contributed by atoms with van der Waals surface area (Å²) in [5, 5.41) is 7.57.